The molecule has 1 aliphatic rings. The molecule has 1 aromatic rings. The molecule has 1 fully saturated rings. The van der Waals surface area contributed by atoms with Crippen LogP contribution in [0.3, 0.4) is 0 Å². The van der Waals surface area contributed by atoms with Crippen molar-refractivity contribution >= 4 is 27.3 Å². The van der Waals surface area contributed by atoms with Gasteiger partial charge in [0.15, 0.2) is 0 Å². The van der Waals surface area contributed by atoms with Crippen LogP contribution in [0.15, 0.2) is 16.3 Å². The van der Waals surface area contributed by atoms with E-state index in [1.165, 1.54) is 11.3 Å². The number of sulfonamides is 1. The SMILES string of the molecule is CNC1CCN(S(=O)(=O)c2ccc(CCNC(=O)CC(C)C)s2)CC1. The number of nitrogens with zero attached hydrogens (tertiary/aromatic N) is 1. The second-order valence-corrected chi connectivity index (χ2v) is 10.2. The van der Waals surface area contributed by atoms with E-state index in [-0.39, 0.29) is 5.91 Å². The highest BCUT2D eigenvalue weighted by molar-refractivity contribution is 7.91. The van der Waals surface area contributed by atoms with Crippen molar-refractivity contribution in [3.63, 3.8) is 0 Å². The van der Waals surface area contributed by atoms with Crippen LogP contribution in [-0.4, -0.2) is 51.4 Å². The quantitative estimate of drug-likeness (QED) is 0.713. The summed E-state index contributed by atoms with van der Waals surface area (Å²) in [5, 5.41) is 6.10. The van der Waals surface area contributed by atoms with Crippen LogP contribution in [0.25, 0.3) is 0 Å². The minimum atomic E-state index is -3.39. The van der Waals surface area contributed by atoms with E-state index in [1.807, 2.05) is 27.0 Å². The smallest absolute Gasteiger partial charge is 0.252 e. The first kappa shape index (κ1) is 20.4. The Morgan fingerprint density at radius 2 is 2.00 bits per heavy atom. The Hall–Kier alpha value is -0.960. The molecule has 1 amide bonds. The number of thiophene rings is 1. The first-order chi connectivity index (χ1) is 11.8. The summed E-state index contributed by atoms with van der Waals surface area (Å²) in [6, 6.07) is 3.95. The van der Waals surface area contributed by atoms with Gasteiger partial charge in [0, 0.05) is 37.0 Å². The molecule has 6 nitrogen and oxygen atoms in total. The Balaban J connectivity index is 1.88. The molecule has 2 rings (SSSR count). The van der Waals surface area contributed by atoms with E-state index in [1.54, 1.807) is 10.4 Å². The van der Waals surface area contributed by atoms with Gasteiger partial charge in [-0.25, -0.2) is 8.42 Å². The largest absolute Gasteiger partial charge is 0.356 e. The van der Waals surface area contributed by atoms with Crippen LogP contribution in [0.1, 0.15) is 38.0 Å². The second kappa shape index (κ2) is 9.12. The highest BCUT2D eigenvalue weighted by Gasteiger charge is 2.29. The first-order valence-electron chi connectivity index (χ1n) is 8.85. The van der Waals surface area contributed by atoms with Crippen molar-refractivity contribution in [1.29, 1.82) is 0 Å². The number of carbonyl (C=O) groups excluding carboxylic acids is 1. The molecule has 2 N–H and O–H groups in total. The lowest BCUT2D eigenvalue weighted by molar-refractivity contribution is -0.121. The third-order valence-corrected chi connectivity index (χ3v) is 7.89. The third kappa shape index (κ3) is 5.77. The molecule has 142 valence electrons. The predicted molar refractivity (Wildman–Crippen MR) is 101 cm³/mol. The van der Waals surface area contributed by atoms with Gasteiger partial charge in [0.2, 0.25) is 5.91 Å². The molecule has 0 spiro atoms. The molecular formula is C17H29N3O3S2. The molecule has 1 saturated heterocycles. The molecule has 25 heavy (non-hydrogen) atoms. The summed E-state index contributed by atoms with van der Waals surface area (Å²) in [7, 11) is -1.48. The predicted octanol–water partition coefficient (Wildman–Crippen LogP) is 1.83. The van der Waals surface area contributed by atoms with Gasteiger partial charge in [0.1, 0.15) is 4.21 Å². The molecule has 1 aliphatic heterocycles. The van der Waals surface area contributed by atoms with Crippen LogP contribution in [0.2, 0.25) is 0 Å². The van der Waals surface area contributed by atoms with Crippen LogP contribution < -0.4 is 10.6 Å². The van der Waals surface area contributed by atoms with Crippen LogP contribution in [0, 0.1) is 5.92 Å². The van der Waals surface area contributed by atoms with Crippen molar-refractivity contribution in [2.45, 2.75) is 49.8 Å². The number of hydrogen-bond acceptors (Lipinski definition) is 5. The number of carbonyl (C=O) groups is 1. The highest BCUT2D eigenvalue weighted by Crippen LogP contribution is 2.27. The maximum atomic E-state index is 12.7. The lowest BCUT2D eigenvalue weighted by atomic mass is 10.1. The van der Waals surface area contributed by atoms with E-state index >= 15 is 0 Å². The lowest BCUT2D eigenvalue weighted by Crippen LogP contribution is -2.43. The zero-order valence-corrected chi connectivity index (χ0v) is 16.9. The van der Waals surface area contributed by atoms with Gasteiger partial charge in [-0.15, -0.1) is 11.3 Å². The van der Waals surface area contributed by atoms with Crippen molar-refractivity contribution < 1.29 is 13.2 Å². The molecule has 0 unspecified atom stereocenters. The fourth-order valence-corrected chi connectivity index (χ4v) is 5.89. The average molecular weight is 388 g/mol. The molecule has 0 bridgehead atoms. The Labute approximate surface area is 155 Å². The summed E-state index contributed by atoms with van der Waals surface area (Å²) in [5.41, 5.74) is 0. The third-order valence-electron chi connectivity index (χ3n) is 4.38. The zero-order chi connectivity index (χ0) is 18.4. The Morgan fingerprint density at radius 3 is 2.60 bits per heavy atom. The number of rotatable bonds is 8. The van der Waals surface area contributed by atoms with E-state index in [4.69, 9.17) is 0 Å². The Morgan fingerprint density at radius 1 is 1.32 bits per heavy atom. The highest BCUT2D eigenvalue weighted by atomic mass is 32.2. The normalized spacial score (nSPS) is 17.1. The number of hydrogen-bond donors (Lipinski definition) is 2. The summed E-state index contributed by atoms with van der Waals surface area (Å²) in [5.74, 6) is 0.386. The Bertz CT molecular complexity index is 662. The van der Waals surface area contributed by atoms with E-state index in [2.05, 4.69) is 10.6 Å². The standard InChI is InChI=1S/C17H29N3O3S2/c1-13(2)12-16(21)19-9-6-15-4-5-17(24-15)25(22,23)20-10-7-14(18-3)8-11-20/h4-5,13-14,18H,6-12H2,1-3H3,(H,19,21). The van der Waals surface area contributed by atoms with Crippen molar-refractivity contribution in [3.05, 3.63) is 17.0 Å². The van der Waals surface area contributed by atoms with Crippen LogP contribution in [-0.2, 0) is 21.2 Å². The minimum absolute atomic E-state index is 0.0480. The van der Waals surface area contributed by atoms with E-state index in [0.717, 1.165) is 17.7 Å². The molecule has 0 radical (unpaired) electrons. The van der Waals surface area contributed by atoms with Gasteiger partial charge < -0.3 is 10.6 Å². The summed E-state index contributed by atoms with van der Waals surface area (Å²) in [6.45, 7) is 5.68. The van der Waals surface area contributed by atoms with E-state index < -0.39 is 10.0 Å². The summed E-state index contributed by atoms with van der Waals surface area (Å²) < 4.78 is 27.5. The average Bonchev–Trinajstić information content (AvgIpc) is 3.04. The van der Waals surface area contributed by atoms with Gasteiger partial charge >= 0.3 is 0 Å². The van der Waals surface area contributed by atoms with Crippen molar-refractivity contribution in [2.75, 3.05) is 26.7 Å². The van der Waals surface area contributed by atoms with E-state index in [9.17, 15) is 13.2 Å². The Kier molecular flexibility index (Phi) is 7.42. The fourth-order valence-electron chi connectivity index (χ4n) is 2.91. The molecule has 2 heterocycles. The maximum Gasteiger partial charge on any atom is 0.252 e. The zero-order valence-electron chi connectivity index (χ0n) is 15.2. The lowest BCUT2D eigenvalue weighted by Gasteiger charge is -2.30. The molecule has 1 aromatic heterocycles. The van der Waals surface area contributed by atoms with Crippen molar-refractivity contribution in [1.82, 2.24) is 14.9 Å². The van der Waals surface area contributed by atoms with Gasteiger partial charge in [-0.2, -0.15) is 4.31 Å². The van der Waals surface area contributed by atoms with Gasteiger partial charge in [0.05, 0.1) is 0 Å². The number of nitrogens with one attached hydrogen (secondary N) is 2. The summed E-state index contributed by atoms with van der Waals surface area (Å²) in [4.78, 5) is 12.6. The van der Waals surface area contributed by atoms with Gasteiger partial charge in [-0.05, 0) is 44.4 Å². The fraction of sp³-hybridized carbons (Fsp3) is 0.706. The minimum Gasteiger partial charge on any atom is -0.356 e. The van der Waals surface area contributed by atoms with Crippen LogP contribution in [0.5, 0.6) is 0 Å². The van der Waals surface area contributed by atoms with Crippen LogP contribution in [0.4, 0.5) is 0 Å². The van der Waals surface area contributed by atoms with Crippen molar-refractivity contribution in [3.8, 4) is 0 Å². The van der Waals surface area contributed by atoms with Gasteiger partial charge in [-0.1, -0.05) is 13.8 Å². The first-order valence-corrected chi connectivity index (χ1v) is 11.1. The second-order valence-electron chi connectivity index (χ2n) is 6.89. The molecule has 0 saturated carbocycles. The molecule has 8 heteroatoms. The maximum absolute atomic E-state index is 12.7. The monoisotopic (exact) mass is 387 g/mol. The number of piperidine rings is 1. The molecule has 0 aromatic carbocycles. The van der Waals surface area contributed by atoms with Gasteiger partial charge in [-0.3, -0.25) is 4.79 Å². The van der Waals surface area contributed by atoms with Gasteiger partial charge in [0.25, 0.3) is 10.0 Å². The summed E-state index contributed by atoms with van der Waals surface area (Å²) in [6.07, 6.45) is 2.87. The van der Waals surface area contributed by atoms with Crippen LogP contribution >= 0.6 is 11.3 Å². The van der Waals surface area contributed by atoms with Crippen molar-refractivity contribution in [2.24, 2.45) is 5.92 Å². The topological polar surface area (TPSA) is 78.5 Å². The summed E-state index contributed by atoms with van der Waals surface area (Å²) >= 11 is 1.31. The number of amides is 1. The molecule has 0 atom stereocenters. The van der Waals surface area contributed by atoms with E-state index in [0.29, 0.717) is 48.6 Å². The molecular weight excluding hydrogens is 358 g/mol. The molecule has 0 aliphatic carbocycles.